The molecule has 0 aromatic carbocycles. The minimum absolute atomic E-state index is 0.0266. The van der Waals surface area contributed by atoms with Crippen LogP contribution in [0.5, 0.6) is 0 Å². The molecule has 0 aliphatic carbocycles. The fourth-order valence-corrected chi connectivity index (χ4v) is 2.13. The fourth-order valence-electron chi connectivity index (χ4n) is 2.13. The molecule has 0 aromatic rings. The molecule has 2 saturated heterocycles. The molecule has 2 aliphatic rings. The molecule has 0 radical (unpaired) electrons. The van der Waals surface area contributed by atoms with E-state index in [4.69, 9.17) is 9.84 Å². The minimum Gasteiger partial charge on any atom is -0.447 e. The number of aliphatic hydroxyl groups is 2. The lowest BCUT2D eigenvalue weighted by Gasteiger charge is -2.29. The molecular weight excluding hydrogens is 260 g/mol. The van der Waals surface area contributed by atoms with Crippen molar-refractivity contribution in [1.29, 1.82) is 0 Å². The van der Waals surface area contributed by atoms with Gasteiger partial charge in [0, 0.05) is 13.1 Å². The number of carbonyl (C=O) groups is 1. The predicted molar refractivity (Wildman–Crippen MR) is 76.5 cm³/mol. The first kappa shape index (κ1) is 17.2. The molecule has 0 saturated carbocycles. The molecule has 0 atom stereocenters. The van der Waals surface area contributed by atoms with Crippen molar-refractivity contribution in [2.24, 2.45) is 0 Å². The van der Waals surface area contributed by atoms with Crippen molar-refractivity contribution < 1.29 is 19.7 Å². The Morgan fingerprint density at radius 3 is 2.00 bits per heavy atom. The van der Waals surface area contributed by atoms with Crippen molar-refractivity contribution in [3.8, 4) is 0 Å². The van der Waals surface area contributed by atoms with Crippen LogP contribution >= 0.6 is 0 Å². The molecular formula is C14H28N2O4. The number of amides is 1. The minimum atomic E-state index is -0.262. The first-order valence-electron chi connectivity index (χ1n) is 7.51. The largest absolute Gasteiger partial charge is 0.447 e. The molecule has 1 amide bonds. The van der Waals surface area contributed by atoms with Gasteiger partial charge >= 0.3 is 6.09 Å². The van der Waals surface area contributed by atoms with Gasteiger partial charge in [-0.15, -0.1) is 0 Å². The molecule has 6 nitrogen and oxygen atoms in total. The van der Waals surface area contributed by atoms with Crippen molar-refractivity contribution in [3.63, 3.8) is 0 Å². The van der Waals surface area contributed by atoms with Crippen LogP contribution in [0.1, 0.15) is 39.5 Å². The van der Waals surface area contributed by atoms with E-state index in [2.05, 4.69) is 5.32 Å². The first-order chi connectivity index (χ1) is 9.49. The molecule has 6 heteroatoms. The quantitative estimate of drug-likeness (QED) is 0.662. The number of nitrogens with zero attached hydrogens (tertiary/aromatic N) is 1. The van der Waals surface area contributed by atoms with E-state index in [1.165, 1.54) is 0 Å². The Balaban J connectivity index is 0.000000240. The summed E-state index contributed by atoms with van der Waals surface area (Å²) < 4.78 is 5.03. The number of hydrogen-bond acceptors (Lipinski definition) is 5. The molecule has 20 heavy (non-hydrogen) atoms. The van der Waals surface area contributed by atoms with Crippen LogP contribution in [0.25, 0.3) is 0 Å². The highest BCUT2D eigenvalue weighted by molar-refractivity contribution is 5.67. The maximum Gasteiger partial charge on any atom is 0.410 e. The van der Waals surface area contributed by atoms with Crippen LogP contribution in [-0.2, 0) is 4.74 Å². The Morgan fingerprint density at radius 2 is 1.60 bits per heavy atom. The van der Waals surface area contributed by atoms with E-state index in [-0.39, 0.29) is 24.4 Å². The van der Waals surface area contributed by atoms with E-state index < -0.39 is 0 Å². The van der Waals surface area contributed by atoms with Gasteiger partial charge in [-0.05, 0) is 52.6 Å². The summed E-state index contributed by atoms with van der Waals surface area (Å²) in [5, 5.41) is 21.2. The van der Waals surface area contributed by atoms with Crippen molar-refractivity contribution in [3.05, 3.63) is 0 Å². The van der Waals surface area contributed by atoms with E-state index in [9.17, 15) is 9.90 Å². The van der Waals surface area contributed by atoms with Crippen molar-refractivity contribution in [2.75, 3.05) is 26.2 Å². The molecule has 2 fully saturated rings. The van der Waals surface area contributed by atoms with Gasteiger partial charge in [-0.25, -0.2) is 4.79 Å². The third kappa shape index (κ3) is 7.07. The van der Waals surface area contributed by atoms with Crippen molar-refractivity contribution in [1.82, 2.24) is 10.2 Å². The van der Waals surface area contributed by atoms with E-state index in [1.54, 1.807) is 4.90 Å². The van der Waals surface area contributed by atoms with Gasteiger partial charge in [-0.3, -0.25) is 0 Å². The van der Waals surface area contributed by atoms with Crippen LogP contribution in [0.15, 0.2) is 0 Å². The van der Waals surface area contributed by atoms with Crippen LogP contribution < -0.4 is 5.32 Å². The maximum atomic E-state index is 11.3. The second-order valence-electron chi connectivity index (χ2n) is 5.63. The number of rotatable bonds is 1. The molecule has 2 rings (SSSR count). The Morgan fingerprint density at radius 1 is 1.10 bits per heavy atom. The summed E-state index contributed by atoms with van der Waals surface area (Å²) in [6.07, 6.45) is 2.58. The van der Waals surface area contributed by atoms with Gasteiger partial charge in [0.05, 0.1) is 18.3 Å². The highest BCUT2D eigenvalue weighted by Crippen LogP contribution is 2.11. The zero-order chi connectivity index (χ0) is 15.0. The molecule has 2 aliphatic heterocycles. The number of ether oxygens (including phenoxy) is 1. The van der Waals surface area contributed by atoms with Crippen LogP contribution in [0.4, 0.5) is 4.79 Å². The van der Waals surface area contributed by atoms with Gasteiger partial charge in [-0.1, -0.05) is 0 Å². The monoisotopic (exact) mass is 288 g/mol. The lowest BCUT2D eigenvalue weighted by molar-refractivity contribution is 0.0457. The highest BCUT2D eigenvalue weighted by Gasteiger charge is 2.22. The summed E-state index contributed by atoms with van der Waals surface area (Å²) in [6, 6.07) is 0. The summed E-state index contributed by atoms with van der Waals surface area (Å²) in [4.78, 5) is 13.0. The standard InChI is InChI=1S/C9H17NO3.C5H11NO/c1-7(2)13-9(12)10-5-3-8(11)4-6-10;7-5-1-3-6-4-2-5/h7-8,11H,3-6H2,1-2H3;5-7H,1-4H2. The third-order valence-electron chi connectivity index (χ3n) is 3.37. The van der Waals surface area contributed by atoms with Crippen LogP contribution in [0.2, 0.25) is 0 Å². The zero-order valence-corrected chi connectivity index (χ0v) is 12.5. The van der Waals surface area contributed by atoms with Gasteiger partial charge in [0.15, 0.2) is 0 Å². The molecule has 0 bridgehead atoms. The first-order valence-corrected chi connectivity index (χ1v) is 7.51. The number of carbonyl (C=O) groups excluding carboxylic acids is 1. The van der Waals surface area contributed by atoms with Crippen LogP contribution in [0, 0.1) is 0 Å². The summed E-state index contributed by atoms with van der Waals surface area (Å²) in [7, 11) is 0. The number of likely N-dealkylation sites (tertiary alicyclic amines) is 1. The van der Waals surface area contributed by atoms with Gasteiger partial charge in [-0.2, -0.15) is 0 Å². The second-order valence-corrected chi connectivity index (χ2v) is 5.63. The predicted octanol–water partition coefficient (Wildman–Crippen LogP) is 0.719. The smallest absolute Gasteiger partial charge is 0.410 e. The van der Waals surface area contributed by atoms with Gasteiger partial charge in [0.1, 0.15) is 0 Å². The SMILES string of the molecule is CC(C)OC(=O)N1CCC(O)CC1.OC1CCNCC1. The Kier molecular flexibility index (Phi) is 7.87. The van der Waals surface area contributed by atoms with E-state index in [0.717, 1.165) is 25.9 Å². The van der Waals surface area contributed by atoms with Crippen LogP contribution in [0.3, 0.4) is 0 Å². The van der Waals surface area contributed by atoms with E-state index in [0.29, 0.717) is 25.9 Å². The van der Waals surface area contributed by atoms with Gasteiger partial charge in [0.25, 0.3) is 0 Å². The normalized spacial score (nSPS) is 21.4. The molecule has 3 N–H and O–H groups in total. The third-order valence-corrected chi connectivity index (χ3v) is 3.37. The van der Waals surface area contributed by atoms with Gasteiger partial charge < -0.3 is 25.2 Å². The average Bonchev–Trinajstić information content (AvgIpc) is 2.40. The summed E-state index contributed by atoms with van der Waals surface area (Å²) in [5.41, 5.74) is 0. The lowest BCUT2D eigenvalue weighted by Crippen LogP contribution is -2.41. The van der Waals surface area contributed by atoms with Crippen molar-refractivity contribution >= 4 is 6.09 Å². The summed E-state index contributed by atoms with van der Waals surface area (Å²) in [6.45, 7) is 6.84. The topological polar surface area (TPSA) is 82.0 Å². The highest BCUT2D eigenvalue weighted by atomic mass is 16.6. The van der Waals surface area contributed by atoms with E-state index >= 15 is 0 Å². The molecule has 2 heterocycles. The van der Waals surface area contributed by atoms with Gasteiger partial charge in [0.2, 0.25) is 0 Å². The molecule has 0 spiro atoms. The Bertz CT molecular complexity index is 272. The molecule has 0 aromatic heterocycles. The number of hydrogen-bond donors (Lipinski definition) is 3. The van der Waals surface area contributed by atoms with Crippen molar-refractivity contribution in [2.45, 2.75) is 57.8 Å². The summed E-state index contributed by atoms with van der Waals surface area (Å²) in [5.74, 6) is 0. The molecule has 0 unspecified atom stereocenters. The van der Waals surface area contributed by atoms with Crippen LogP contribution in [-0.4, -0.2) is 65.7 Å². The Hall–Kier alpha value is -0.850. The fraction of sp³-hybridized carbons (Fsp3) is 0.929. The Labute approximate surface area is 121 Å². The lowest BCUT2D eigenvalue weighted by atomic mass is 10.1. The number of aliphatic hydroxyl groups excluding tert-OH is 2. The second kappa shape index (κ2) is 9.15. The number of nitrogens with one attached hydrogen (secondary N) is 1. The van der Waals surface area contributed by atoms with E-state index in [1.807, 2.05) is 13.8 Å². The number of piperidine rings is 2. The summed E-state index contributed by atoms with van der Waals surface area (Å²) >= 11 is 0. The zero-order valence-electron chi connectivity index (χ0n) is 12.5. The average molecular weight is 288 g/mol. The maximum absolute atomic E-state index is 11.3. The molecule has 118 valence electrons.